The van der Waals surface area contributed by atoms with Gasteiger partial charge in [0.25, 0.3) is 0 Å². The van der Waals surface area contributed by atoms with Crippen LogP contribution in [0.25, 0.3) is 22.5 Å². The van der Waals surface area contributed by atoms with Gasteiger partial charge in [-0.15, -0.1) is 0 Å². The summed E-state index contributed by atoms with van der Waals surface area (Å²) in [6, 6.07) is 25.9. The van der Waals surface area contributed by atoms with Crippen molar-refractivity contribution in [2.24, 2.45) is 7.05 Å². The zero-order chi connectivity index (χ0) is 28.6. The lowest BCUT2D eigenvalue weighted by molar-refractivity contribution is -0.0980. The number of imidazole rings is 1. The second kappa shape index (κ2) is 17.1. The van der Waals surface area contributed by atoms with Crippen molar-refractivity contribution in [2.75, 3.05) is 20.3 Å². The van der Waals surface area contributed by atoms with E-state index in [2.05, 4.69) is 105 Å². The van der Waals surface area contributed by atoms with Gasteiger partial charge >= 0.3 is 0 Å². The molecule has 0 bridgehead atoms. The fourth-order valence-electron chi connectivity index (χ4n) is 4.66. The number of methoxy groups -OCH3 is 1. The molecule has 0 saturated heterocycles. The lowest BCUT2D eigenvalue weighted by Crippen LogP contribution is -2.03. The van der Waals surface area contributed by atoms with E-state index in [1.54, 1.807) is 7.11 Å². The predicted octanol–water partition coefficient (Wildman–Crippen LogP) is 6.80. The van der Waals surface area contributed by atoms with Crippen LogP contribution in [0.2, 0.25) is 0 Å². The Balaban J connectivity index is 0.000000320. The molecule has 4 aromatic rings. The van der Waals surface area contributed by atoms with Gasteiger partial charge < -0.3 is 19.2 Å². The van der Waals surface area contributed by atoms with E-state index in [0.29, 0.717) is 6.61 Å². The summed E-state index contributed by atoms with van der Waals surface area (Å²) >= 11 is 0. The molecule has 39 heavy (non-hydrogen) atoms. The first-order chi connectivity index (χ1) is 19.0. The number of aryl methyl sites for hydroxylation is 4. The lowest BCUT2D eigenvalue weighted by atomic mass is 10.0. The first-order valence-electron chi connectivity index (χ1n) is 13.7. The number of ether oxygens (including phenoxy) is 1. The van der Waals surface area contributed by atoms with Crippen LogP contribution < -0.4 is 0 Å². The molecule has 0 aliphatic heterocycles. The van der Waals surface area contributed by atoms with E-state index in [1.165, 1.54) is 33.5 Å². The number of carbonyl (C=O) groups is 1. The molecular weight excluding hydrogens is 484 g/mol. The molecule has 5 heteroatoms. The monoisotopic (exact) mass is 528 g/mol. The van der Waals surface area contributed by atoms with Crippen LogP contribution in [-0.4, -0.2) is 41.8 Å². The Labute approximate surface area is 234 Å². The predicted molar refractivity (Wildman–Crippen MR) is 162 cm³/mol. The van der Waals surface area contributed by atoms with Crippen LogP contribution in [0.5, 0.6) is 0 Å². The Morgan fingerprint density at radius 1 is 0.846 bits per heavy atom. The van der Waals surface area contributed by atoms with E-state index in [1.807, 2.05) is 6.79 Å². The summed E-state index contributed by atoms with van der Waals surface area (Å²) in [4.78, 5) is 12.8. The highest BCUT2D eigenvalue weighted by Crippen LogP contribution is 2.27. The number of carbonyl (C=O) groups excluding carboxylic acids is 1. The highest BCUT2D eigenvalue weighted by Gasteiger charge is 2.13. The summed E-state index contributed by atoms with van der Waals surface area (Å²) in [5.41, 5.74) is 10.1. The van der Waals surface area contributed by atoms with Gasteiger partial charge in [0.05, 0.1) is 12.3 Å². The minimum atomic E-state index is 0.290. The van der Waals surface area contributed by atoms with E-state index in [4.69, 9.17) is 19.6 Å². The van der Waals surface area contributed by atoms with Gasteiger partial charge in [-0.2, -0.15) is 0 Å². The molecule has 0 spiro atoms. The highest BCUT2D eigenvalue weighted by molar-refractivity contribution is 5.70. The van der Waals surface area contributed by atoms with Crippen LogP contribution in [0.15, 0.2) is 72.8 Å². The molecule has 0 aliphatic rings. The summed E-state index contributed by atoms with van der Waals surface area (Å²) < 4.78 is 7.41. The number of benzene rings is 3. The summed E-state index contributed by atoms with van der Waals surface area (Å²) in [5.74, 6) is 1.01. The van der Waals surface area contributed by atoms with Crippen molar-refractivity contribution in [3.8, 4) is 22.5 Å². The molecule has 1 heterocycles. The third-order valence-corrected chi connectivity index (χ3v) is 6.88. The second-order valence-electron chi connectivity index (χ2n) is 9.35. The van der Waals surface area contributed by atoms with Crippen molar-refractivity contribution in [2.45, 2.75) is 52.9 Å². The highest BCUT2D eigenvalue weighted by atomic mass is 16.5. The number of aliphatic hydroxyl groups excluding tert-OH is 1. The number of hydrogen-bond donors (Lipinski definition) is 1. The SMILES string of the molecule is C=O.CCc1ccc(-c2cccc(-c3nc(C)c(CCOC)n3C)c2)cc1.CCc1ccccc1CCCO. The van der Waals surface area contributed by atoms with Crippen molar-refractivity contribution in [1.82, 2.24) is 9.55 Å². The van der Waals surface area contributed by atoms with Gasteiger partial charge in [0.15, 0.2) is 0 Å². The zero-order valence-corrected chi connectivity index (χ0v) is 24.2. The summed E-state index contributed by atoms with van der Waals surface area (Å²) in [6.45, 7) is 9.42. The average Bonchev–Trinajstić information content (AvgIpc) is 3.29. The summed E-state index contributed by atoms with van der Waals surface area (Å²) in [7, 11) is 3.82. The van der Waals surface area contributed by atoms with Gasteiger partial charge in [-0.05, 0) is 66.5 Å². The third kappa shape index (κ3) is 9.02. The molecule has 0 unspecified atom stereocenters. The molecule has 5 nitrogen and oxygen atoms in total. The maximum atomic E-state index is 8.69. The summed E-state index contributed by atoms with van der Waals surface area (Å²) in [6.07, 6.45) is 4.90. The smallest absolute Gasteiger partial charge is 0.140 e. The van der Waals surface area contributed by atoms with Crippen LogP contribution in [0.1, 0.15) is 48.3 Å². The number of nitrogens with zero attached hydrogens (tertiary/aromatic N) is 2. The molecule has 3 aromatic carbocycles. The van der Waals surface area contributed by atoms with Crippen LogP contribution in [-0.2, 0) is 42.3 Å². The van der Waals surface area contributed by atoms with Crippen molar-refractivity contribution in [3.05, 3.63) is 101 Å². The first kappa shape index (κ1) is 31.7. The quantitative estimate of drug-likeness (QED) is 0.246. The Bertz CT molecular complexity index is 1260. The third-order valence-electron chi connectivity index (χ3n) is 6.88. The van der Waals surface area contributed by atoms with Crippen molar-refractivity contribution in [1.29, 1.82) is 0 Å². The fourth-order valence-corrected chi connectivity index (χ4v) is 4.66. The Morgan fingerprint density at radius 2 is 1.51 bits per heavy atom. The van der Waals surface area contributed by atoms with Gasteiger partial charge in [-0.3, -0.25) is 0 Å². The zero-order valence-electron chi connectivity index (χ0n) is 24.2. The second-order valence-corrected chi connectivity index (χ2v) is 9.35. The molecular formula is C34H44N2O3. The molecule has 0 radical (unpaired) electrons. The molecule has 4 rings (SSSR count). The Morgan fingerprint density at radius 3 is 2.13 bits per heavy atom. The number of hydrogen-bond acceptors (Lipinski definition) is 4. The van der Waals surface area contributed by atoms with Gasteiger partial charge in [0, 0.05) is 38.4 Å². The normalized spacial score (nSPS) is 10.3. The van der Waals surface area contributed by atoms with E-state index in [-0.39, 0.29) is 6.61 Å². The molecule has 1 aromatic heterocycles. The molecule has 0 amide bonds. The lowest BCUT2D eigenvalue weighted by Gasteiger charge is -2.08. The fraction of sp³-hybridized carbons (Fsp3) is 0.353. The molecule has 0 saturated carbocycles. The standard InChI is InChI=1S/C22H26N2O.C11H16O.CH2O/c1-5-17-9-11-18(12-10-17)19-7-6-8-20(15-19)22-23-16(2)21(24(22)3)13-14-25-4;1-2-10-6-3-4-7-11(10)8-5-9-12;1-2/h6-12,15H,5,13-14H2,1-4H3;3-4,6-7,12H,2,5,8-9H2,1H3;1H2. The molecule has 1 N–H and O–H groups in total. The van der Waals surface area contributed by atoms with Gasteiger partial charge in [0.2, 0.25) is 0 Å². The average molecular weight is 529 g/mol. The van der Waals surface area contributed by atoms with Crippen LogP contribution >= 0.6 is 0 Å². The van der Waals surface area contributed by atoms with Gasteiger partial charge in [-0.1, -0.05) is 80.6 Å². The minimum Gasteiger partial charge on any atom is -0.396 e. The maximum Gasteiger partial charge on any atom is 0.140 e. The van der Waals surface area contributed by atoms with E-state index >= 15 is 0 Å². The minimum absolute atomic E-state index is 0.290. The Kier molecular flexibility index (Phi) is 13.9. The molecule has 0 fully saturated rings. The topological polar surface area (TPSA) is 64.3 Å². The van der Waals surface area contributed by atoms with Crippen LogP contribution in [0, 0.1) is 6.92 Å². The first-order valence-corrected chi connectivity index (χ1v) is 13.7. The van der Waals surface area contributed by atoms with Crippen molar-refractivity contribution >= 4 is 6.79 Å². The van der Waals surface area contributed by atoms with Crippen molar-refractivity contribution < 1.29 is 14.6 Å². The van der Waals surface area contributed by atoms with E-state index in [0.717, 1.165) is 49.2 Å². The Hall–Kier alpha value is -3.54. The van der Waals surface area contributed by atoms with Gasteiger partial charge in [-0.25, -0.2) is 4.98 Å². The maximum absolute atomic E-state index is 8.69. The largest absolute Gasteiger partial charge is 0.396 e. The molecule has 0 atom stereocenters. The molecule has 0 aliphatic carbocycles. The number of aromatic nitrogens is 2. The summed E-state index contributed by atoms with van der Waals surface area (Å²) in [5, 5.41) is 8.69. The van der Waals surface area contributed by atoms with E-state index < -0.39 is 0 Å². The van der Waals surface area contributed by atoms with E-state index in [9.17, 15) is 0 Å². The number of rotatable bonds is 10. The van der Waals surface area contributed by atoms with Crippen LogP contribution in [0.3, 0.4) is 0 Å². The van der Waals surface area contributed by atoms with Gasteiger partial charge in [0.1, 0.15) is 12.6 Å². The number of aliphatic hydroxyl groups is 1. The molecule has 208 valence electrons. The van der Waals surface area contributed by atoms with Crippen LogP contribution in [0.4, 0.5) is 0 Å². The van der Waals surface area contributed by atoms with Crippen molar-refractivity contribution in [3.63, 3.8) is 0 Å².